The SMILES string of the molecule is CNC(=O)c1cccc(CCC(=O)N2C[C@H](C(=O)O)[C@@H](C3CC3)C2)c1. The minimum Gasteiger partial charge on any atom is -0.481 e. The van der Waals surface area contributed by atoms with Crippen LogP contribution >= 0.6 is 0 Å². The number of carboxylic acids is 1. The number of carbonyl (C=O) groups is 3. The highest BCUT2D eigenvalue weighted by molar-refractivity contribution is 5.94. The quantitative estimate of drug-likeness (QED) is 0.820. The second-order valence-electron chi connectivity index (χ2n) is 7.02. The van der Waals surface area contributed by atoms with Gasteiger partial charge in [-0.2, -0.15) is 0 Å². The van der Waals surface area contributed by atoms with Crippen molar-refractivity contribution in [2.75, 3.05) is 20.1 Å². The van der Waals surface area contributed by atoms with Gasteiger partial charge in [0, 0.05) is 32.1 Å². The van der Waals surface area contributed by atoms with Crippen LogP contribution in [0.2, 0.25) is 0 Å². The van der Waals surface area contributed by atoms with Crippen molar-refractivity contribution in [1.82, 2.24) is 10.2 Å². The third-order valence-electron chi connectivity index (χ3n) is 5.31. The predicted molar refractivity (Wildman–Crippen MR) is 92.1 cm³/mol. The molecule has 6 nitrogen and oxygen atoms in total. The molecule has 1 aromatic carbocycles. The molecule has 1 saturated carbocycles. The number of rotatable bonds is 6. The lowest BCUT2D eigenvalue weighted by Gasteiger charge is -2.16. The molecule has 2 amide bonds. The summed E-state index contributed by atoms with van der Waals surface area (Å²) in [6.45, 7) is 0.895. The number of aliphatic carboxylic acids is 1. The summed E-state index contributed by atoms with van der Waals surface area (Å²) < 4.78 is 0. The van der Waals surface area contributed by atoms with Gasteiger partial charge >= 0.3 is 5.97 Å². The van der Waals surface area contributed by atoms with E-state index in [1.54, 1.807) is 24.1 Å². The normalized spacial score (nSPS) is 22.7. The van der Waals surface area contributed by atoms with Crippen molar-refractivity contribution in [1.29, 1.82) is 0 Å². The van der Waals surface area contributed by atoms with Gasteiger partial charge in [0.1, 0.15) is 0 Å². The van der Waals surface area contributed by atoms with Crippen LogP contribution in [-0.2, 0) is 16.0 Å². The van der Waals surface area contributed by atoms with Crippen LogP contribution in [0.25, 0.3) is 0 Å². The Morgan fingerprint density at radius 2 is 2.00 bits per heavy atom. The molecule has 6 heteroatoms. The Balaban J connectivity index is 1.58. The van der Waals surface area contributed by atoms with Crippen molar-refractivity contribution < 1.29 is 19.5 Å². The minimum absolute atomic E-state index is 0.000235. The van der Waals surface area contributed by atoms with Gasteiger partial charge in [-0.05, 0) is 48.8 Å². The number of carboxylic acid groups (broad SMARTS) is 1. The smallest absolute Gasteiger partial charge is 0.308 e. The maximum Gasteiger partial charge on any atom is 0.308 e. The fourth-order valence-corrected chi connectivity index (χ4v) is 3.72. The van der Waals surface area contributed by atoms with Crippen molar-refractivity contribution in [3.8, 4) is 0 Å². The molecular weight excluding hydrogens is 320 g/mol. The van der Waals surface area contributed by atoms with E-state index >= 15 is 0 Å². The van der Waals surface area contributed by atoms with Crippen molar-refractivity contribution >= 4 is 17.8 Å². The van der Waals surface area contributed by atoms with E-state index in [1.165, 1.54) is 0 Å². The summed E-state index contributed by atoms with van der Waals surface area (Å²) in [7, 11) is 1.58. The topological polar surface area (TPSA) is 86.7 Å². The molecule has 0 radical (unpaired) electrons. The van der Waals surface area contributed by atoms with Crippen LogP contribution in [0, 0.1) is 17.8 Å². The van der Waals surface area contributed by atoms with Crippen LogP contribution in [0.5, 0.6) is 0 Å². The third-order valence-corrected chi connectivity index (χ3v) is 5.31. The van der Waals surface area contributed by atoms with Crippen LogP contribution in [0.15, 0.2) is 24.3 Å². The number of likely N-dealkylation sites (tertiary alicyclic amines) is 1. The molecule has 0 spiro atoms. The van der Waals surface area contributed by atoms with E-state index in [4.69, 9.17) is 0 Å². The molecule has 1 aliphatic carbocycles. The van der Waals surface area contributed by atoms with Crippen LogP contribution in [0.3, 0.4) is 0 Å². The zero-order valence-corrected chi connectivity index (χ0v) is 14.4. The van der Waals surface area contributed by atoms with E-state index in [-0.39, 0.29) is 17.7 Å². The minimum atomic E-state index is -0.787. The molecule has 0 bridgehead atoms. The molecule has 1 aliphatic heterocycles. The number of benzene rings is 1. The number of carbonyl (C=O) groups excluding carboxylic acids is 2. The number of nitrogens with one attached hydrogen (secondary N) is 1. The second-order valence-corrected chi connectivity index (χ2v) is 7.02. The van der Waals surface area contributed by atoms with Gasteiger partial charge in [0.2, 0.25) is 5.91 Å². The van der Waals surface area contributed by atoms with Gasteiger partial charge in [-0.1, -0.05) is 12.1 Å². The van der Waals surface area contributed by atoms with Gasteiger partial charge in [-0.25, -0.2) is 0 Å². The Labute approximate surface area is 147 Å². The first-order valence-corrected chi connectivity index (χ1v) is 8.81. The van der Waals surface area contributed by atoms with E-state index in [2.05, 4.69) is 5.32 Å². The Hall–Kier alpha value is -2.37. The largest absolute Gasteiger partial charge is 0.481 e. The van der Waals surface area contributed by atoms with E-state index in [1.807, 2.05) is 12.1 Å². The lowest BCUT2D eigenvalue weighted by molar-refractivity contribution is -0.142. The summed E-state index contributed by atoms with van der Waals surface area (Å²) in [5.74, 6) is -0.774. The monoisotopic (exact) mass is 344 g/mol. The molecule has 1 heterocycles. The lowest BCUT2D eigenvalue weighted by atomic mass is 9.92. The average Bonchev–Trinajstić information content (AvgIpc) is 3.36. The molecule has 1 aromatic rings. The van der Waals surface area contributed by atoms with Crippen molar-refractivity contribution in [3.63, 3.8) is 0 Å². The summed E-state index contributed by atoms with van der Waals surface area (Å²) >= 11 is 0. The predicted octanol–water partition coefficient (Wildman–Crippen LogP) is 1.55. The highest BCUT2D eigenvalue weighted by atomic mass is 16.4. The fourth-order valence-electron chi connectivity index (χ4n) is 3.72. The summed E-state index contributed by atoms with van der Waals surface area (Å²) in [4.78, 5) is 37.3. The van der Waals surface area contributed by atoms with E-state index in [9.17, 15) is 19.5 Å². The van der Waals surface area contributed by atoms with E-state index in [0.29, 0.717) is 37.4 Å². The fraction of sp³-hybridized carbons (Fsp3) is 0.526. The van der Waals surface area contributed by atoms with E-state index < -0.39 is 11.9 Å². The summed E-state index contributed by atoms with van der Waals surface area (Å²) in [5, 5.41) is 12.0. The van der Waals surface area contributed by atoms with E-state index in [0.717, 1.165) is 18.4 Å². The van der Waals surface area contributed by atoms with Gasteiger partial charge in [0.25, 0.3) is 5.91 Å². The third kappa shape index (κ3) is 4.00. The number of amides is 2. The molecule has 2 N–H and O–H groups in total. The summed E-state index contributed by atoms with van der Waals surface area (Å²) in [5.41, 5.74) is 1.51. The first-order chi connectivity index (χ1) is 12.0. The van der Waals surface area contributed by atoms with Gasteiger partial charge in [-0.15, -0.1) is 0 Å². The Bertz CT molecular complexity index is 684. The first-order valence-electron chi connectivity index (χ1n) is 8.81. The zero-order valence-electron chi connectivity index (χ0n) is 14.4. The molecule has 134 valence electrons. The van der Waals surface area contributed by atoms with Gasteiger partial charge in [0.05, 0.1) is 5.92 Å². The van der Waals surface area contributed by atoms with Crippen LogP contribution in [-0.4, -0.2) is 47.9 Å². The molecule has 2 aliphatic rings. The number of hydrogen-bond donors (Lipinski definition) is 2. The maximum atomic E-state index is 12.5. The molecule has 0 aromatic heterocycles. The van der Waals surface area contributed by atoms with Crippen molar-refractivity contribution in [2.45, 2.75) is 25.7 Å². The zero-order chi connectivity index (χ0) is 18.0. The van der Waals surface area contributed by atoms with Gasteiger partial charge < -0.3 is 15.3 Å². The maximum absolute atomic E-state index is 12.5. The molecule has 0 unspecified atom stereocenters. The summed E-state index contributed by atoms with van der Waals surface area (Å²) in [6, 6.07) is 7.24. The molecule has 1 saturated heterocycles. The molecule has 2 atom stereocenters. The Morgan fingerprint density at radius 3 is 2.64 bits per heavy atom. The van der Waals surface area contributed by atoms with Crippen LogP contribution in [0.1, 0.15) is 35.2 Å². The van der Waals surface area contributed by atoms with Crippen LogP contribution in [0.4, 0.5) is 0 Å². The number of nitrogens with zero attached hydrogens (tertiary/aromatic N) is 1. The highest BCUT2D eigenvalue weighted by Crippen LogP contribution is 2.44. The number of hydrogen-bond acceptors (Lipinski definition) is 3. The van der Waals surface area contributed by atoms with Crippen molar-refractivity contribution in [2.24, 2.45) is 17.8 Å². The van der Waals surface area contributed by atoms with Gasteiger partial charge in [-0.3, -0.25) is 14.4 Å². The van der Waals surface area contributed by atoms with Gasteiger partial charge in [0.15, 0.2) is 0 Å². The lowest BCUT2D eigenvalue weighted by Crippen LogP contribution is -2.30. The Morgan fingerprint density at radius 1 is 1.24 bits per heavy atom. The average molecular weight is 344 g/mol. The summed E-state index contributed by atoms with van der Waals surface area (Å²) in [6.07, 6.45) is 3.05. The Kier molecular flexibility index (Phi) is 5.06. The second kappa shape index (κ2) is 7.25. The first kappa shape index (κ1) is 17.5. The number of aryl methyl sites for hydroxylation is 1. The molecular formula is C19H24N2O4. The standard InChI is InChI=1S/C19H24N2O4/c1-20-18(23)14-4-2-3-12(9-14)5-8-17(22)21-10-15(13-6-7-13)16(11-21)19(24)25/h2-4,9,13,15-16H,5-8,10-11H2,1H3,(H,20,23)(H,24,25)/t15-,16+/m1/s1. The molecule has 25 heavy (non-hydrogen) atoms. The molecule has 2 fully saturated rings. The van der Waals surface area contributed by atoms with Crippen molar-refractivity contribution in [3.05, 3.63) is 35.4 Å². The van der Waals surface area contributed by atoms with Crippen LogP contribution < -0.4 is 5.32 Å². The highest BCUT2D eigenvalue weighted by Gasteiger charge is 2.46. The molecule has 3 rings (SSSR count).